The van der Waals surface area contributed by atoms with Crippen LogP contribution in [0.5, 0.6) is 0 Å². The summed E-state index contributed by atoms with van der Waals surface area (Å²) in [5, 5.41) is 32.8. The zero-order valence-electron chi connectivity index (χ0n) is 20.9. The largest absolute Gasteiger partial charge is 0.618 e. The Morgan fingerprint density at radius 2 is 1.76 bits per heavy atom. The topological polar surface area (TPSA) is 111 Å². The lowest BCUT2D eigenvalue weighted by atomic mass is 10.0. The molecule has 214 valence electrons. The van der Waals surface area contributed by atoms with E-state index >= 15 is 4.39 Å². The molecule has 6 rings (SSSR count). The fourth-order valence-electron chi connectivity index (χ4n) is 4.53. The van der Waals surface area contributed by atoms with Crippen molar-refractivity contribution in [2.45, 2.75) is 19.1 Å². The lowest BCUT2D eigenvalue weighted by Gasteiger charge is -2.18. The highest BCUT2D eigenvalue weighted by atomic mass is 35.5. The van der Waals surface area contributed by atoms with E-state index in [1.165, 1.54) is 69.2 Å². The number of halogens is 6. The van der Waals surface area contributed by atoms with E-state index in [0.717, 1.165) is 18.6 Å². The Labute approximate surface area is 243 Å². The number of pyridine rings is 1. The van der Waals surface area contributed by atoms with Gasteiger partial charge < -0.3 is 5.21 Å². The highest BCUT2D eigenvalue weighted by Gasteiger charge is 2.27. The molecule has 0 aliphatic heterocycles. The number of nitrogens with zero attached hydrogens (tertiary/aromatic N) is 10. The van der Waals surface area contributed by atoms with Gasteiger partial charge in [0.05, 0.1) is 58.9 Å². The molecule has 0 saturated heterocycles. The molecule has 0 bridgehead atoms. The first-order valence-corrected chi connectivity index (χ1v) is 12.8. The van der Waals surface area contributed by atoms with Crippen molar-refractivity contribution in [3.8, 4) is 28.1 Å². The molecule has 0 aliphatic rings. The molecular formula is C25H16Cl2F4N10O. The Morgan fingerprint density at radius 1 is 0.929 bits per heavy atom. The maximum atomic E-state index is 15.4. The van der Waals surface area contributed by atoms with Crippen molar-refractivity contribution in [3.05, 3.63) is 106 Å². The normalized spacial score (nSPS) is 12.4. The maximum absolute atomic E-state index is 15.4. The van der Waals surface area contributed by atoms with Crippen LogP contribution < -0.4 is 4.73 Å². The maximum Gasteiger partial charge on any atom is 0.333 e. The summed E-state index contributed by atoms with van der Waals surface area (Å²) in [6.45, 7) is -2.95. The number of hydrogen-bond donors (Lipinski definition) is 0. The van der Waals surface area contributed by atoms with Crippen LogP contribution >= 0.6 is 23.2 Å². The number of aromatic nitrogens is 10. The van der Waals surface area contributed by atoms with Crippen LogP contribution in [0.3, 0.4) is 0 Å². The van der Waals surface area contributed by atoms with Crippen LogP contribution in [0, 0.1) is 16.8 Å². The van der Waals surface area contributed by atoms with E-state index < -0.39 is 24.2 Å². The molecule has 0 N–H and O–H groups in total. The van der Waals surface area contributed by atoms with Gasteiger partial charge in [0.2, 0.25) is 5.69 Å². The van der Waals surface area contributed by atoms with Crippen molar-refractivity contribution < 1.29 is 22.3 Å². The molecule has 1 aromatic carbocycles. The lowest BCUT2D eigenvalue weighted by Crippen LogP contribution is -2.37. The highest BCUT2D eigenvalue weighted by Crippen LogP contribution is 2.34. The summed E-state index contributed by atoms with van der Waals surface area (Å²) < 4.78 is 60.8. The fraction of sp³-hybridized carbons (Fsp3) is 0.120. The van der Waals surface area contributed by atoms with Gasteiger partial charge in [0.25, 0.3) is 0 Å². The van der Waals surface area contributed by atoms with E-state index in [2.05, 4.69) is 25.6 Å². The summed E-state index contributed by atoms with van der Waals surface area (Å²) in [5.41, 5.74) is 0.853. The zero-order chi connectivity index (χ0) is 29.5. The third-order valence-corrected chi connectivity index (χ3v) is 6.86. The van der Waals surface area contributed by atoms with Crippen molar-refractivity contribution in [3.63, 3.8) is 0 Å². The van der Waals surface area contributed by atoms with Crippen molar-refractivity contribution in [1.82, 2.24) is 44.3 Å². The summed E-state index contributed by atoms with van der Waals surface area (Å²) in [5.74, 6) is -1.40. The second kappa shape index (κ2) is 10.9. The van der Waals surface area contributed by atoms with Gasteiger partial charge in [-0.1, -0.05) is 28.4 Å². The van der Waals surface area contributed by atoms with Crippen LogP contribution in [0.4, 0.5) is 17.6 Å². The molecule has 0 radical (unpaired) electrons. The summed E-state index contributed by atoms with van der Waals surface area (Å²) in [4.78, 5) is 0. The van der Waals surface area contributed by atoms with Gasteiger partial charge in [0, 0.05) is 24.0 Å². The minimum atomic E-state index is -2.89. The highest BCUT2D eigenvalue weighted by molar-refractivity contribution is 6.31. The van der Waals surface area contributed by atoms with Gasteiger partial charge in [-0.05, 0) is 24.3 Å². The molecular weight excluding hydrogens is 603 g/mol. The van der Waals surface area contributed by atoms with Crippen molar-refractivity contribution in [2.24, 2.45) is 0 Å². The Kier molecular flexibility index (Phi) is 7.12. The molecule has 0 saturated carbocycles. The summed E-state index contributed by atoms with van der Waals surface area (Å²) in [6.07, 6.45) is 8.65. The molecule has 11 nitrogen and oxygen atoms in total. The number of alkyl halides is 2. The molecule has 6 aromatic rings. The van der Waals surface area contributed by atoms with Gasteiger partial charge in [-0.2, -0.15) is 28.8 Å². The number of hydrogen-bond acceptors (Lipinski definition) is 6. The van der Waals surface area contributed by atoms with E-state index in [4.69, 9.17) is 23.2 Å². The predicted octanol–water partition coefficient (Wildman–Crippen LogP) is 5.09. The lowest BCUT2D eigenvalue weighted by molar-refractivity contribution is -0.615. The standard InChI is InChI=1S/C25H16Cl2F4N10O/c26-17-2-4-20(39-13-22(27)35-36-39)23(24(17)29)14-1-3-19(40(42)10-14)21(12-37-11-16(28)8-33-37)38-9-15(7-34-38)18-5-6-32-41(18)25(30)31/h1-11,13,21,25H,12H2/t21-/m0/s1. The molecule has 1 atom stereocenters. The van der Waals surface area contributed by atoms with E-state index in [1.54, 1.807) is 0 Å². The third-order valence-electron chi connectivity index (χ3n) is 6.39. The first-order chi connectivity index (χ1) is 20.2. The number of benzene rings is 1. The van der Waals surface area contributed by atoms with Crippen molar-refractivity contribution >= 4 is 23.2 Å². The fourth-order valence-corrected chi connectivity index (χ4v) is 4.82. The predicted molar refractivity (Wildman–Crippen MR) is 141 cm³/mol. The van der Waals surface area contributed by atoms with E-state index in [-0.39, 0.29) is 44.9 Å². The Balaban J connectivity index is 1.43. The number of rotatable bonds is 8. The molecule has 0 unspecified atom stereocenters. The summed E-state index contributed by atoms with van der Waals surface area (Å²) in [7, 11) is 0. The molecule has 0 amide bonds. The minimum absolute atomic E-state index is 0.0347. The van der Waals surface area contributed by atoms with Gasteiger partial charge in [-0.3, -0.25) is 9.36 Å². The molecule has 0 fully saturated rings. The molecule has 5 aromatic heterocycles. The zero-order valence-corrected chi connectivity index (χ0v) is 22.5. The van der Waals surface area contributed by atoms with Crippen molar-refractivity contribution in [2.75, 3.05) is 0 Å². The van der Waals surface area contributed by atoms with Gasteiger partial charge in [0.15, 0.2) is 29.0 Å². The van der Waals surface area contributed by atoms with Gasteiger partial charge >= 0.3 is 6.55 Å². The first-order valence-electron chi connectivity index (χ1n) is 12.0. The monoisotopic (exact) mass is 618 g/mol. The second-order valence-corrected chi connectivity index (χ2v) is 9.75. The van der Waals surface area contributed by atoms with Crippen LogP contribution in [0.2, 0.25) is 10.2 Å². The summed E-state index contributed by atoms with van der Waals surface area (Å²) in [6, 6.07) is 6.26. The average molecular weight is 619 g/mol. The Hall–Kier alpha value is -4.76. The molecule has 17 heteroatoms. The van der Waals surface area contributed by atoms with Gasteiger partial charge in [-0.25, -0.2) is 18.1 Å². The van der Waals surface area contributed by atoms with Crippen molar-refractivity contribution in [1.29, 1.82) is 0 Å². The van der Waals surface area contributed by atoms with Gasteiger partial charge in [-0.15, -0.1) is 5.10 Å². The quantitative estimate of drug-likeness (QED) is 0.133. The Morgan fingerprint density at radius 3 is 2.45 bits per heavy atom. The third kappa shape index (κ3) is 5.07. The van der Waals surface area contributed by atoms with E-state index in [9.17, 15) is 18.4 Å². The smallest absolute Gasteiger partial charge is 0.333 e. The Bertz CT molecular complexity index is 1900. The van der Waals surface area contributed by atoms with Crippen LogP contribution in [0.1, 0.15) is 18.3 Å². The van der Waals surface area contributed by atoms with E-state index in [0.29, 0.717) is 15.0 Å². The average Bonchev–Trinajstić information content (AvgIpc) is 3.76. The van der Waals surface area contributed by atoms with E-state index in [1.807, 2.05) is 0 Å². The molecule has 0 spiro atoms. The van der Waals surface area contributed by atoms with Crippen LogP contribution in [0.15, 0.2) is 73.7 Å². The first kappa shape index (κ1) is 27.4. The second-order valence-electron chi connectivity index (χ2n) is 8.95. The minimum Gasteiger partial charge on any atom is -0.618 e. The van der Waals surface area contributed by atoms with Crippen LogP contribution in [-0.2, 0) is 6.54 Å². The van der Waals surface area contributed by atoms with Crippen LogP contribution in [-0.4, -0.2) is 44.3 Å². The molecule has 5 heterocycles. The van der Waals surface area contributed by atoms with Crippen LogP contribution in [0.25, 0.3) is 28.1 Å². The molecule has 0 aliphatic carbocycles. The molecule has 42 heavy (non-hydrogen) atoms. The summed E-state index contributed by atoms with van der Waals surface area (Å²) >= 11 is 12.0. The SMILES string of the molecule is [O-][n+]1cc(-c2c(-n3cc(Cl)nn3)ccc(Cl)c2F)ccc1[C@H](Cn1cc(F)cn1)n1cc(-c2ccnn2C(F)F)cn1. The van der Waals surface area contributed by atoms with Gasteiger partial charge in [0.1, 0.15) is 0 Å².